The lowest BCUT2D eigenvalue weighted by molar-refractivity contribution is -0.137. The van der Waals surface area contributed by atoms with Gasteiger partial charge in [0, 0.05) is 41.2 Å². The van der Waals surface area contributed by atoms with E-state index in [9.17, 15) is 4.79 Å². The summed E-state index contributed by atoms with van der Waals surface area (Å²) in [7, 11) is 0. The number of ether oxygens (including phenoxy) is 2. The molecule has 1 aromatic carbocycles. The molecule has 3 heterocycles. The van der Waals surface area contributed by atoms with Gasteiger partial charge in [-0.15, -0.1) is 0 Å². The molecule has 0 amide bonds. The van der Waals surface area contributed by atoms with Crippen LogP contribution in [-0.4, -0.2) is 27.7 Å². The van der Waals surface area contributed by atoms with Gasteiger partial charge in [-0.25, -0.2) is 4.98 Å². The van der Waals surface area contributed by atoms with Crippen LogP contribution in [0.4, 0.5) is 0 Å². The summed E-state index contributed by atoms with van der Waals surface area (Å²) < 4.78 is 11.5. The largest absolute Gasteiger partial charge is 0.492 e. The van der Waals surface area contributed by atoms with Crippen molar-refractivity contribution in [1.29, 1.82) is 0 Å². The highest BCUT2D eigenvalue weighted by molar-refractivity contribution is 5.70. The van der Waals surface area contributed by atoms with Crippen LogP contribution in [0.1, 0.15) is 34.7 Å². The zero-order chi connectivity index (χ0) is 20.4. The lowest BCUT2D eigenvalue weighted by atomic mass is 9.98. The van der Waals surface area contributed by atoms with Crippen LogP contribution in [0.5, 0.6) is 11.6 Å². The van der Waals surface area contributed by atoms with Gasteiger partial charge >= 0.3 is 5.97 Å². The van der Waals surface area contributed by atoms with E-state index in [1.54, 1.807) is 12.3 Å². The van der Waals surface area contributed by atoms with E-state index in [-0.39, 0.29) is 12.3 Å². The minimum absolute atomic E-state index is 0.0366. The van der Waals surface area contributed by atoms with Gasteiger partial charge in [-0.1, -0.05) is 18.2 Å². The summed E-state index contributed by atoms with van der Waals surface area (Å²) in [5, 5.41) is 9.00. The molecule has 1 atom stereocenters. The third-order valence-corrected chi connectivity index (χ3v) is 5.12. The molecule has 0 bridgehead atoms. The van der Waals surface area contributed by atoms with Crippen LogP contribution in [-0.2, 0) is 11.4 Å². The van der Waals surface area contributed by atoms with Gasteiger partial charge in [0.25, 0.3) is 0 Å². The molecule has 0 saturated carbocycles. The SMILES string of the molecule is Cc1ccnc(C)c1-c1cccc(COc2cc3c(cn2)[C@H](CC(=O)O)CO3)c1. The fourth-order valence-corrected chi connectivity index (χ4v) is 3.70. The summed E-state index contributed by atoms with van der Waals surface area (Å²) in [5.41, 5.74) is 6.28. The predicted molar refractivity (Wildman–Crippen MR) is 108 cm³/mol. The average Bonchev–Trinajstić information content (AvgIpc) is 3.08. The predicted octanol–water partition coefficient (Wildman–Crippen LogP) is 4.29. The fourth-order valence-electron chi connectivity index (χ4n) is 3.70. The maximum atomic E-state index is 11.0. The molecule has 29 heavy (non-hydrogen) atoms. The first-order valence-corrected chi connectivity index (χ1v) is 9.50. The minimum Gasteiger partial charge on any atom is -0.492 e. The number of fused-ring (bicyclic) bond motifs is 1. The summed E-state index contributed by atoms with van der Waals surface area (Å²) in [5.74, 6) is 0.105. The first kappa shape index (κ1) is 18.9. The maximum absolute atomic E-state index is 11.0. The van der Waals surface area contributed by atoms with Crippen LogP contribution in [0, 0.1) is 13.8 Å². The van der Waals surface area contributed by atoms with Gasteiger partial charge in [-0.2, -0.15) is 0 Å². The molecule has 0 spiro atoms. The van der Waals surface area contributed by atoms with Gasteiger partial charge in [-0.05, 0) is 42.7 Å². The molecule has 148 valence electrons. The fraction of sp³-hybridized carbons (Fsp3) is 0.261. The van der Waals surface area contributed by atoms with E-state index >= 15 is 0 Å². The number of benzene rings is 1. The molecule has 1 N–H and O–H groups in total. The second-order valence-corrected chi connectivity index (χ2v) is 7.24. The number of carboxylic acid groups (broad SMARTS) is 1. The van der Waals surface area contributed by atoms with Crippen LogP contribution < -0.4 is 9.47 Å². The second kappa shape index (κ2) is 7.91. The van der Waals surface area contributed by atoms with Crippen molar-refractivity contribution in [2.75, 3.05) is 6.61 Å². The Bertz CT molecular complexity index is 1040. The van der Waals surface area contributed by atoms with Crippen molar-refractivity contribution in [1.82, 2.24) is 9.97 Å². The monoisotopic (exact) mass is 390 g/mol. The van der Waals surface area contributed by atoms with E-state index in [1.807, 2.05) is 31.3 Å². The summed E-state index contributed by atoms with van der Waals surface area (Å²) in [6, 6.07) is 11.9. The normalized spacial score (nSPS) is 14.9. The van der Waals surface area contributed by atoms with Crippen molar-refractivity contribution in [2.45, 2.75) is 32.8 Å². The molecule has 0 aliphatic carbocycles. The summed E-state index contributed by atoms with van der Waals surface area (Å²) in [6.45, 7) is 4.83. The molecule has 6 nitrogen and oxygen atoms in total. The number of rotatable bonds is 6. The average molecular weight is 390 g/mol. The summed E-state index contributed by atoms with van der Waals surface area (Å²) >= 11 is 0. The molecule has 1 aliphatic heterocycles. The van der Waals surface area contributed by atoms with E-state index in [0.29, 0.717) is 24.8 Å². The standard InChI is InChI=1S/C23H22N2O4/c1-14-6-7-24-15(2)23(14)17-5-3-4-16(8-17)12-29-21-10-20-19(11-25-21)18(13-28-20)9-22(26)27/h3-8,10-11,18H,9,12-13H2,1-2H3,(H,26,27)/t18-/m1/s1. The molecule has 0 fully saturated rings. The Kier molecular flexibility index (Phi) is 5.16. The number of aryl methyl sites for hydroxylation is 2. The number of aromatic nitrogens is 2. The van der Waals surface area contributed by atoms with Crippen molar-refractivity contribution in [3.8, 4) is 22.8 Å². The number of pyridine rings is 2. The smallest absolute Gasteiger partial charge is 0.304 e. The zero-order valence-corrected chi connectivity index (χ0v) is 16.4. The van der Waals surface area contributed by atoms with Gasteiger partial charge in [0.15, 0.2) is 0 Å². The number of carboxylic acids is 1. The van der Waals surface area contributed by atoms with Crippen molar-refractivity contribution in [3.63, 3.8) is 0 Å². The van der Waals surface area contributed by atoms with Gasteiger partial charge in [-0.3, -0.25) is 9.78 Å². The topological polar surface area (TPSA) is 81.5 Å². The van der Waals surface area contributed by atoms with Gasteiger partial charge in [0.2, 0.25) is 5.88 Å². The first-order chi connectivity index (χ1) is 14.0. The lowest BCUT2D eigenvalue weighted by Crippen LogP contribution is -2.07. The van der Waals surface area contributed by atoms with Crippen LogP contribution in [0.3, 0.4) is 0 Å². The van der Waals surface area contributed by atoms with Crippen molar-refractivity contribution in [2.24, 2.45) is 0 Å². The van der Waals surface area contributed by atoms with Crippen molar-refractivity contribution < 1.29 is 19.4 Å². The molecular weight excluding hydrogens is 368 g/mol. The molecule has 2 aromatic heterocycles. The third kappa shape index (κ3) is 4.06. The first-order valence-electron chi connectivity index (χ1n) is 9.50. The van der Waals surface area contributed by atoms with Crippen LogP contribution >= 0.6 is 0 Å². The quantitative estimate of drug-likeness (QED) is 0.676. The Morgan fingerprint density at radius 1 is 1.24 bits per heavy atom. The number of carbonyl (C=O) groups is 1. The van der Waals surface area contributed by atoms with E-state index in [0.717, 1.165) is 27.9 Å². The second-order valence-electron chi connectivity index (χ2n) is 7.24. The van der Waals surface area contributed by atoms with E-state index < -0.39 is 5.97 Å². The van der Waals surface area contributed by atoms with E-state index in [2.05, 4.69) is 29.0 Å². The Labute approximate surface area is 169 Å². The summed E-state index contributed by atoms with van der Waals surface area (Å²) in [4.78, 5) is 19.7. The van der Waals surface area contributed by atoms with Gasteiger partial charge in [0.05, 0.1) is 13.0 Å². The van der Waals surface area contributed by atoms with Crippen LogP contribution in [0.2, 0.25) is 0 Å². The molecule has 3 aromatic rings. The highest BCUT2D eigenvalue weighted by Crippen LogP contribution is 2.37. The Balaban J connectivity index is 1.49. The summed E-state index contributed by atoms with van der Waals surface area (Å²) in [6.07, 6.45) is 3.52. The molecule has 0 unspecified atom stereocenters. The van der Waals surface area contributed by atoms with Crippen LogP contribution in [0.25, 0.3) is 11.1 Å². The molecule has 0 radical (unpaired) electrons. The zero-order valence-electron chi connectivity index (χ0n) is 16.4. The number of hydrogen-bond acceptors (Lipinski definition) is 5. The molecule has 4 rings (SSSR count). The highest BCUT2D eigenvalue weighted by atomic mass is 16.5. The Morgan fingerprint density at radius 3 is 2.90 bits per heavy atom. The van der Waals surface area contributed by atoms with Gasteiger partial charge in [0.1, 0.15) is 12.4 Å². The lowest BCUT2D eigenvalue weighted by Gasteiger charge is -2.11. The molecule has 6 heteroatoms. The van der Waals surface area contributed by atoms with E-state index in [4.69, 9.17) is 14.6 Å². The molecule has 0 saturated heterocycles. The van der Waals surface area contributed by atoms with E-state index in [1.165, 1.54) is 5.56 Å². The number of nitrogens with zero attached hydrogens (tertiary/aromatic N) is 2. The Morgan fingerprint density at radius 2 is 2.10 bits per heavy atom. The minimum atomic E-state index is -0.842. The molecule has 1 aliphatic rings. The third-order valence-electron chi connectivity index (χ3n) is 5.12. The van der Waals surface area contributed by atoms with Gasteiger partial charge < -0.3 is 14.6 Å². The van der Waals surface area contributed by atoms with Crippen molar-refractivity contribution >= 4 is 5.97 Å². The molecular formula is C23H22N2O4. The Hall–Kier alpha value is -3.41. The number of hydrogen-bond donors (Lipinski definition) is 1. The van der Waals surface area contributed by atoms with Crippen LogP contribution in [0.15, 0.2) is 48.8 Å². The highest BCUT2D eigenvalue weighted by Gasteiger charge is 2.27. The van der Waals surface area contributed by atoms with Crippen molar-refractivity contribution in [3.05, 3.63) is 71.2 Å². The number of aliphatic carboxylic acids is 1. The maximum Gasteiger partial charge on any atom is 0.304 e.